The van der Waals surface area contributed by atoms with E-state index < -0.39 is 17.7 Å². The maximum atomic E-state index is 11.8. The lowest BCUT2D eigenvalue weighted by atomic mass is 9.96. The predicted molar refractivity (Wildman–Crippen MR) is 63.3 cm³/mol. The molecule has 1 fully saturated rings. The van der Waals surface area contributed by atoms with E-state index in [0.717, 1.165) is 0 Å². The van der Waals surface area contributed by atoms with Gasteiger partial charge in [0.15, 0.2) is 0 Å². The highest BCUT2D eigenvalue weighted by Crippen LogP contribution is 2.17. The first kappa shape index (κ1) is 11.3. The Morgan fingerprint density at radius 3 is 2.24 bits per heavy atom. The summed E-state index contributed by atoms with van der Waals surface area (Å²) in [5.41, 5.74) is 8.96. The number of nitrogens with zero attached hydrogens (tertiary/aromatic N) is 2. The van der Waals surface area contributed by atoms with Crippen LogP contribution in [-0.2, 0) is 20.7 Å². The molecule has 1 aromatic rings. The molecule has 0 bridgehead atoms. The molecular formula is C10H8N4O2S. The molecule has 86 valence electrons. The van der Waals surface area contributed by atoms with E-state index in [1.807, 2.05) is 0 Å². The summed E-state index contributed by atoms with van der Waals surface area (Å²) in [6.07, 6.45) is 0. The largest absolute Gasteiger partial charge is 0.342 e. The number of carbonyl (C=O) groups is 2. The summed E-state index contributed by atoms with van der Waals surface area (Å²) in [6, 6.07) is 8.73. The normalized spacial score (nSPS) is 19.1. The lowest BCUT2D eigenvalue weighted by molar-refractivity contribution is -0.131. The van der Waals surface area contributed by atoms with Gasteiger partial charge in [-0.05, 0) is 5.56 Å². The summed E-state index contributed by atoms with van der Waals surface area (Å²) in [5.74, 6) is -1.75. The van der Waals surface area contributed by atoms with Crippen molar-refractivity contribution in [2.75, 3.05) is 0 Å². The van der Waals surface area contributed by atoms with Crippen molar-refractivity contribution in [3.05, 3.63) is 41.4 Å². The molecule has 0 atom stereocenters. The topological polar surface area (TPSA) is 94.6 Å². The average molecular weight is 248 g/mol. The molecule has 1 aliphatic heterocycles. The van der Waals surface area contributed by atoms with Crippen molar-refractivity contribution in [2.45, 2.75) is 5.92 Å². The first-order valence-electron chi connectivity index (χ1n) is 4.77. The summed E-state index contributed by atoms with van der Waals surface area (Å²) < 4.78 is 2.78. The van der Waals surface area contributed by atoms with E-state index in [2.05, 4.69) is 14.8 Å². The molecule has 7 heteroatoms. The molecule has 2 rings (SSSR count). The van der Waals surface area contributed by atoms with Crippen molar-refractivity contribution in [3.8, 4) is 0 Å². The Bertz CT molecular complexity index is 539. The summed E-state index contributed by atoms with van der Waals surface area (Å²) >= 11 is 0.590. The predicted octanol–water partition coefficient (Wildman–Crippen LogP) is -0.541. The van der Waals surface area contributed by atoms with Gasteiger partial charge in [-0.1, -0.05) is 34.5 Å². The molecule has 0 spiro atoms. The number of carbonyl (C=O) groups excluding carboxylic acids is 2. The molecule has 17 heavy (non-hydrogen) atoms. The molecule has 1 saturated heterocycles. The number of benzene rings is 1. The van der Waals surface area contributed by atoms with Gasteiger partial charge in [0.25, 0.3) is 5.11 Å². The fourth-order valence-electron chi connectivity index (χ4n) is 1.55. The minimum absolute atomic E-state index is 0.106. The van der Waals surface area contributed by atoms with Crippen LogP contribution in [0.15, 0.2) is 30.3 Å². The fourth-order valence-corrected chi connectivity index (χ4v) is 1.93. The minimum Gasteiger partial charge on any atom is -0.342 e. The molecular weight excluding hydrogens is 240 g/mol. The van der Waals surface area contributed by atoms with Crippen LogP contribution >= 0.6 is 0 Å². The molecule has 1 aliphatic rings. The molecule has 6 nitrogen and oxygen atoms in total. The first-order valence-corrected chi connectivity index (χ1v) is 5.55. The molecule has 2 amide bonds. The Morgan fingerprint density at radius 2 is 1.71 bits per heavy atom. The van der Waals surface area contributed by atoms with E-state index in [-0.39, 0.29) is 5.11 Å². The molecule has 0 radical (unpaired) electrons. The van der Waals surface area contributed by atoms with Crippen molar-refractivity contribution in [1.82, 2.24) is 14.8 Å². The highest BCUT2D eigenvalue weighted by atomic mass is 32.1. The van der Waals surface area contributed by atoms with Crippen LogP contribution in [0.2, 0.25) is 0 Å². The summed E-state index contributed by atoms with van der Waals surface area (Å²) in [4.78, 5) is 23.5. The van der Waals surface area contributed by atoms with Crippen LogP contribution in [0.1, 0.15) is 11.5 Å². The van der Waals surface area contributed by atoms with Crippen molar-refractivity contribution in [2.24, 2.45) is 0 Å². The average Bonchev–Trinajstić information content (AvgIpc) is 2.30. The van der Waals surface area contributed by atoms with Crippen molar-refractivity contribution in [1.29, 1.82) is 0 Å². The van der Waals surface area contributed by atoms with Gasteiger partial charge in [-0.3, -0.25) is 20.2 Å². The third-order valence-corrected chi connectivity index (χ3v) is 2.73. The second-order valence-electron chi connectivity index (χ2n) is 3.32. The van der Waals surface area contributed by atoms with Crippen LogP contribution in [0, 0.1) is 0 Å². The molecule has 1 aromatic carbocycles. The molecule has 1 heterocycles. The van der Waals surface area contributed by atoms with Gasteiger partial charge in [0.05, 0.1) is 0 Å². The lowest BCUT2D eigenvalue weighted by Gasteiger charge is -2.21. The van der Waals surface area contributed by atoms with Crippen LogP contribution in [0.25, 0.3) is 5.53 Å². The van der Waals surface area contributed by atoms with Crippen LogP contribution < -0.4 is 14.8 Å². The lowest BCUT2D eigenvalue weighted by Crippen LogP contribution is -2.55. The van der Waals surface area contributed by atoms with Crippen LogP contribution in [-0.4, -0.2) is 16.9 Å². The van der Waals surface area contributed by atoms with Gasteiger partial charge in [0.1, 0.15) is 5.92 Å². The second kappa shape index (κ2) is 4.73. The van der Waals surface area contributed by atoms with Gasteiger partial charge >= 0.3 is 11.1 Å². The third-order valence-electron chi connectivity index (χ3n) is 2.26. The van der Waals surface area contributed by atoms with Crippen molar-refractivity contribution >= 4 is 28.1 Å². The van der Waals surface area contributed by atoms with Gasteiger partial charge in [-0.15, -0.1) is 0 Å². The van der Waals surface area contributed by atoms with Gasteiger partial charge in [0, 0.05) is 0 Å². The number of hydrogen-bond donors (Lipinski definition) is 2. The maximum absolute atomic E-state index is 11.8. The minimum atomic E-state index is -0.876. The van der Waals surface area contributed by atoms with Gasteiger partial charge in [-0.2, -0.15) is 0 Å². The van der Waals surface area contributed by atoms with Gasteiger partial charge in [0.2, 0.25) is 11.8 Å². The Balaban J connectivity index is 2.34. The Morgan fingerprint density at radius 1 is 1.12 bits per heavy atom. The van der Waals surface area contributed by atoms with Gasteiger partial charge < -0.3 is 5.53 Å². The zero-order valence-corrected chi connectivity index (χ0v) is 9.40. The Labute approximate surface area is 100 Å². The molecule has 0 aromatic heterocycles. The van der Waals surface area contributed by atoms with E-state index >= 15 is 0 Å². The molecule has 0 unspecified atom stereocenters. The number of amides is 2. The molecule has 0 saturated carbocycles. The SMILES string of the molecule is [N-]=[N+]=S=C1NC(=O)C(c2ccccc2)C(=O)N1. The summed E-state index contributed by atoms with van der Waals surface area (Å²) in [5, 5.41) is 5.01. The Kier molecular flexibility index (Phi) is 3.13. The summed E-state index contributed by atoms with van der Waals surface area (Å²) in [6.45, 7) is 0. The third kappa shape index (κ3) is 2.30. The number of rotatable bonds is 1. The van der Waals surface area contributed by atoms with Crippen LogP contribution in [0.3, 0.4) is 0 Å². The zero-order chi connectivity index (χ0) is 12.3. The number of nitrogens with one attached hydrogen (secondary N) is 2. The number of hydrogen-bond acceptors (Lipinski definition) is 2. The monoisotopic (exact) mass is 248 g/mol. The highest BCUT2D eigenvalue weighted by Gasteiger charge is 2.34. The van der Waals surface area contributed by atoms with Crippen molar-refractivity contribution in [3.63, 3.8) is 0 Å². The van der Waals surface area contributed by atoms with Crippen LogP contribution in [0.5, 0.6) is 0 Å². The zero-order valence-electron chi connectivity index (χ0n) is 8.58. The van der Waals surface area contributed by atoms with Crippen LogP contribution in [0.4, 0.5) is 0 Å². The van der Waals surface area contributed by atoms with E-state index in [1.54, 1.807) is 30.3 Å². The smallest absolute Gasteiger partial charge is 0.302 e. The standard InChI is InChI=1S/C10H8N4O2S/c11-14-17-10-12-8(15)7(9(16)13-10)6-4-2-1-3-5-6/h1-5,7H,(H,12,15)(H,13,16). The molecule has 0 aliphatic carbocycles. The summed E-state index contributed by atoms with van der Waals surface area (Å²) in [7, 11) is 0. The quantitative estimate of drug-likeness (QED) is 0.302. The van der Waals surface area contributed by atoms with E-state index in [1.165, 1.54) is 0 Å². The van der Waals surface area contributed by atoms with E-state index in [4.69, 9.17) is 5.53 Å². The highest BCUT2D eigenvalue weighted by molar-refractivity contribution is 7.68. The fraction of sp³-hybridized carbons (Fsp3) is 0.100. The Hall–Kier alpha value is -2.24. The maximum Gasteiger partial charge on any atom is 0.302 e. The van der Waals surface area contributed by atoms with E-state index in [0.29, 0.717) is 16.7 Å². The van der Waals surface area contributed by atoms with Gasteiger partial charge in [-0.25, -0.2) is 0 Å². The second-order valence-corrected chi connectivity index (χ2v) is 4.08. The van der Waals surface area contributed by atoms with Crippen molar-refractivity contribution < 1.29 is 9.59 Å². The first-order chi connectivity index (χ1) is 8.22. The molecule has 2 N–H and O–H groups in total. The van der Waals surface area contributed by atoms with E-state index in [9.17, 15) is 9.59 Å².